The molecule has 2 N–H and O–H groups in total. The van der Waals surface area contributed by atoms with E-state index in [9.17, 15) is 4.79 Å². The topological polar surface area (TPSA) is 46.3 Å². The number of nitrogens with zero attached hydrogens (tertiary/aromatic N) is 1. The minimum atomic E-state index is 0.155. The first-order valence-electron chi connectivity index (χ1n) is 5.85. The van der Waals surface area contributed by atoms with Crippen LogP contribution in [0.1, 0.15) is 33.1 Å². The van der Waals surface area contributed by atoms with Gasteiger partial charge in [0.15, 0.2) is 0 Å². The van der Waals surface area contributed by atoms with Crippen molar-refractivity contribution in [2.75, 3.05) is 17.2 Å². The highest BCUT2D eigenvalue weighted by atomic mass is 16.2. The Kier molecular flexibility index (Phi) is 4.83. The summed E-state index contributed by atoms with van der Waals surface area (Å²) in [5.41, 5.74) is 7.39. The summed E-state index contributed by atoms with van der Waals surface area (Å²) >= 11 is 0. The molecule has 0 atom stereocenters. The summed E-state index contributed by atoms with van der Waals surface area (Å²) in [6, 6.07) is 7.52. The highest BCUT2D eigenvalue weighted by Crippen LogP contribution is 2.23. The van der Waals surface area contributed by atoms with E-state index >= 15 is 0 Å². The second kappa shape index (κ2) is 6.16. The molecule has 1 rings (SSSR count). The van der Waals surface area contributed by atoms with Crippen LogP contribution < -0.4 is 10.6 Å². The Bertz CT molecular complexity index is 350. The van der Waals surface area contributed by atoms with Crippen LogP contribution in [-0.2, 0) is 4.79 Å². The van der Waals surface area contributed by atoms with Crippen molar-refractivity contribution in [3.05, 3.63) is 24.3 Å². The Morgan fingerprint density at radius 2 is 1.94 bits per heavy atom. The molecule has 88 valence electrons. The summed E-state index contributed by atoms with van der Waals surface area (Å²) in [6.07, 6.45) is 2.38. The van der Waals surface area contributed by atoms with Gasteiger partial charge in [-0.05, 0) is 25.0 Å². The van der Waals surface area contributed by atoms with E-state index in [4.69, 9.17) is 5.73 Å². The number of nitrogens with two attached hydrogens (primary N) is 1. The van der Waals surface area contributed by atoms with E-state index in [0.717, 1.165) is 25.1 Å². The minimum Gasteiger partial charge on any atom is -0.397 e. The van der Waals surface area contributed by atoms with Crippen LogP contribution in [0.5, 0.6) is 0 Å². The van der Waals surface area contributed by atoms with E-state index in [1.54, 1.807) is 4.90 Å². The lowest BCUT2D eigenvalue weighted by atomic mass is 10.2. The summed E-state index contributed by atoms with van der Waals surface area (Å²) in [5.74, 6) is 0.155. The second-order valence-electron chi connectivity index (χ2n) is 3.85. The number of anilines is 2. The molecule has 0 aliphatic carbocycles. The quantitative estimate of drug-likeness (QED) is 0.775. The Labute approximate surface area is 97.2 Å². The van der Waals surface area contributed by atoms with Crippen LogP contribution in [0.25, 0.3) is 0 Å². The van der Waals surface area contributed by atoms with E-state index in [2.05, 4.69) is 6.92 Å². The van der Waals surface area contributed by atoms with Crippen molar-refractivity contribution in [2.24, 2.45) is 0 Å². The summed E-state index contributed by atoms with van der Waals surface area (Å²) in [6.45, 7) is 4.80. The van der Waals surface area contributed by atoms with Crippen molar-refractivity contribution < 1.29 is 4.79 Å². The SMILES string of the molecule is CCCC(=O)N(CCC)c1ccccc1N. The summed E-state index contributed by atoms with van der Waals surface area (Å²) in [4.78, 5) is 13.7. The van der Waals surface area contributed by atoms with E-state index in [0.29, 0.717) is 12.1 Å². The van der Waals surface area contributed by atoms with E-state index < -0.39 is 0 Å². The monoisotopic (exact) mass is 220 g/mol. The van der Waals surface area contributed by atoms with E-state index in [1.807, 2.05) is 31.2 Å². The molecule has 0 spiro atoms. The van der Waals surface area contributed by atoms with Crippen molar-refractivity contribution in [1.29, 1.82) is 0 Å². The van der Waals surface area contributed by atoms with Crippen molar-refractivity contribution in [3.8, 4) is 0 Å². The normalized spacial score (nSPS) is 10.1. The van der Waals surface area contributed by atoms with Crippen LogP contribution in [-0.4, -0.2) is 12.5 Å². The maximum absolute atomic E-state index is 12.0. The number of hydrogen-bond donors (Lipinski definition) is 1. The minimum absolute atomic E-state index is 0.155. The van der Waals surface area contributed by atoms with Gasteiger partial charge < -0.3 is 10.6 Å². The third kappa shape index (κ3) is 2.99. The molecular formula is C13H20N2O. The van der Waals surface area contributed by atoms with E-state index in [-0.39, 0.29) is 5.91 Å². The molecule has 0 radical (unpaired) electrons. The van der Waals surface area contributed by atoms with E-state index in [1.165, 1.54) is 0 Å². The van der Waals surface area contributed by atoms with Gasteiger partial charge >= 0.3 is 0 Å². The lowest BCUT2D eigenvalue weighted by Crippen LogP contribution is -2.31. The molecule has 3 nitrogen and oxygen atoms in total. The number of para-hydroxylation sites is 2. The molecule has 3 heteroatoms. The molecule has 0 saturated heterocycles. The smallest absolute Gasteiger partial charge is 0.227 e. The number of amides is 1. The number of nitrogen functional groups attached to an aromatic ring is 1. The van der Waals surface area contributed by atoms with Crippen LogP contribution in [0.4, 0.5) is 11.4 Å². The lowest BCUT2D eigenvalue weighted by molar-refractivity contribution is -0.118. The standard InChI is InChI=1S/C13H20N2O/c1-3-7-13(16)15(10-4-2)12-9-6-5-8-11(12)14/h5-6,8-9H,3-4,7,10,14H2,1-2H3. The van der Waals surface area contributed by atoms with Gasteiger partial charge in [-0.1, -0.05) is 26.0 Å². The molecule has 0 bridgehead atoms. The first kappa shape index (κ1) is 12.6. The molecule has 1 aromatic rings. The maximum atomic E-state index is 12.0. The summed E-state index contributed by atoms with van der Waals surface area (Å²) < 4.78 is 0. The van der Waals surface area contributed by atoms with Gasteiger partial charge in [0.2, 0.25) is 5.91 Å². The van der Waals surface area contributed by atoms with Crippen molar-refractivity contribution in [1.82, 2.24) is 0 Å². The van der Waals surface area contributed by atoms with Gasteiger partial charge in [-0.15, -0.1) is 0 Å². The zero-order chi connectivity index (χ0) is 12.0. The first-order chi connectivity index (χ1) is 7.70. The molecule has 0 heterocycles. The number of hydrogen-bond acceptors (Lipinski definition) is 2. The third-order valence-corrected chi connectivity index (χ3v) is 2.44. The van der Waals surface area contributed by atoms with Gasteiger partial charge in [-0.25, -0.2) is 0 Å². The Morgan fingerprint density at radius 3 is 2.50 bits per heavy atom. The fourth-order valence-corrected chi connectivity index (χ4v) is 1.69. The van der Waals surface area contributed by atoms with Gasteiger partial charge in [0.1, 0.15) is 0 Å². The molecule has 1 aromatic carbocycles. The number of rotatable bonds is 5. The van der Waals surface area contributed by atoms with Crippen LogP contribution >= 0.6 is 0 Å². The van der Waals surface area contributed by atoms with Crippen molar-refractivity contribution >= 4 is 17.3 Å². The highest BCUT2D eigenvalue weighted by Gasteiger charge is 2.15. The number of carbonyl (C=O) groups excluding carboxylic acids is 1. The van der Waals surface area contributed by atoms with Gasteiger partial charge in [0, 0.05) is 13.0 Å². The highest BCUT2D eigenvalue weighted by molar-refractivity contribution is 5.96. The zero-order valence-corrected chi connectivity index (χ0v) is 10.1. The Morgan fingerprint density at radius 1 is 1.25 bits per heavy atom. The molecule has 16 heavy (non-hydrogen) atoms. The molecule has 1 amide bonds. The van der Waals surface area contributed by atoms with Gasteiger partial charge in [-0.3, -0.25) is 4.79 Å². The second-order valence-corrected chi connectivity index (χ2v) is 3.85. The summed E-state index contributed by atoms with van der Waals surface area (Å²) in [5, 5.41) is 0. The van der Waals surface area contributed by atoms with Gasteiger partial charge in [-0.2, -0.15) is 0 Å². The number of carbonyl (C=O) groups is 1. The fraction of sp³-hybridized carbons (Fsp3) is 0.462. The molecule has 0 saturated carbocycles. The van der Waals surface area contributed by atoms with Gasteiger partial charge in [0.25, 0.3) is 0 Å². The molecule has 0 fully saturated rings. The van der Waals surface area contributed by atoms with Crippen molar-refractivity contribution in [2.45, 2.75) is 33.1 Å². The largest absolute Gasteiger partial charge is 0.397 e. The predicted octanol–water partition coefficient (Wildman–Crippen LogP) is 2.81. The predicted molar refractivity (Wildman–Crippen MR) is 68.4 cm³/mol. The molecule has 0 aliphatic rings. The van der Waals surface area contributed by atoms with Crippen LogP contribution in [0, 0.1) is 0 Å². The summed E-state index contributed by atoms with van der Waals surface area (Å²) in [7, 11) is 0. The Hall–Kier alpha value is -1.51. The molecule has 0 aromatic heterocycles. The van der Waals surface area contributed by atoms with Crippen molar-refractivity contribution in [3.63, 3.8) is 0 Å². The van der Waals surface area contributed by atoms with Crippen LogP contribution in [0.2, 0.25) is 0 Å². The molecule has 0 unspecified atom stereocenters. The lowest BCUT2D eigenvalue weighted by Gasteiger charge is -2.23. The maximum Gasteiger partial charge on any atom is 0.227 e. The van der Waals surface area contributed by atoms with Crippen LogP contribution in [0.15, 0.2) is 24.3 Å². The fourth-order valence-electron chi connectivity index (χ4n) is 1.69. The third-order valence-electron chi connectivity index (χ3n) is 2.44. The van der Waals surface area contributed by atoms with Crippen LogP contribution in [0.3, 0.4) is 0 Å². The molecule has 0 aliphatic heterocycles. The first-order valence-corrected chi connectivity index (χ1v) is 5.85. The average Bonchev–Trinajstić information content (AvgIpc) is 2.27. The molecular weight excluding hydrogens is 200 g/mol. The zero-order valence-electron chi connectivity index (χ0n) is 10.1. The van der Waals surface area contributed by atoms with Gasteiger partial charge in [0.05, 0.1) is 11.4 Å². The number of benzene rings is 1. The average molecular weight is 220 g/mol. The Balaban J connectivity index is 2.93.